The minimum absolute atomic E-state index is 0.228. The van der Waals surface area contributed by atoms with Crippen LogP contribution in [0.15, 0.2) is 54.6 Å². The van der Waals surface area contributed by atoms with Gasteiger partial charge in [-0.05, 0) is 23.3 Å². The number of nitrogens with one attached hydrogen (secondary N) is 2. The van der Waals surface area contributed by atoms with Gasteiger partial charge in [0, 0.05) is 13.1 Å². The van der Waals surface area contributed by atoms with Crippen molar-refractivity contribution in [3.05, 3.63) is 71.5 Å². The summed E-state index contributed by atoms with van der Waals surface area (Å²) < 4.78 is 12.7. The molecule has 2 amide bonds. The van der Waals surface area contributed by atoms with Gasteiger partial charge < -0.3 is 10.6 Å². The second-order valence-electron chi connectivity index (χ2n) is 4.84. The van der Waals surface area contributed by atoms with Crippen molar-refractivity contribution in [2.75, 3.05) is 0 Å². The predicted molar refractivity (Wildman–Crippen MR) is 81.2 cm³/mol. The number of carbonyl (C=O) groups is 2. The summed E-state index contributed by atoms with van der Waals surface area (Å²) in [7, 11) is 0. The van der Waals surface area contributed by atoms with Gasteiger partial charge in [0.1, 0.15) is 12.2 Å². The van der Waals surface area contributed by atoms with Gasteiger partial charge in [-0.3, -0.25) is 9.59 Å². The molecule has 0 saturated heterocycles. The smallest absolute Gasteiger partial charge is 0.229 e. The van der Waals surface area contributed by atoms with Gasteiger partial charge in [-0.1, -0.05) is 42.5 Å². The van der Waals surface area contributed by atoms with E-state index in [-0.39, 0.29) is 30.6 Å². The fourth-order valence-electron chi connectivity index (χ4n) is 1.87. The Morgan fingerprint density at radius 3 is 1.82 bits per heavy atom. The van der Waals surface area contributed by atoms with Crippen LogP contribution in [0.4, 0.5) is 4.39 Å². The highest BCUT2D eigenvalue weighted by atomic mass is 19.1. The number of hydrogen-bond acceptors (Lipinski definition) is 2. The van der Waals surface area contributed by atoms with Gasteiger partial charge in [-0.15, -0.1) is 0 Å². The van der Waals surface area contributed by atoms with Crippen LogP contribution in [-0.2, 0) is 22.7 Å². The Bertz CT molecular complexity index is 627. The molecule has 0 heterocycles. The van der Waals surface area contributed by atoms with Gasteiger partial charge in [-0.2, -0.15) is 0 Å². The minimum atomic E-state index is -0.366. The Balaban J connectivity index is 1.70. The van der Waals surface area contributed by atoms with Gasteiger partial charge in [-0.25, -0.2) is 4.39 Å². The lowest BCUT2D eigenvalue weighted by molar-refractivity contribution is -0.129. The van der Waals surface area contributed by atoms with Crippen molar-refractivity contribution < 1.29 is 14.0 Å². The maximum absolute atomic E-state index is 12.7. The van der Waals surface area contributed by atoms with Crippen LogP contribution < -0.4 is 10.6 Å². The zero-order valence-electron chi connectivity index (χ0n) is 12.0. The molecular weight excluding hydrogens is 283 g/mol. The van der Waals surface area contributed by atoms with Crippen LogP contribution in [0.1, 0.15) is 17.5 Å². The first kappa shape index (κ1) is 15.7. The topological polar surface area (TPSA) is 58.2 Å². The fraction of sp³-hybridized carbons (Fsp3) is 0.176. The van der Waals surface area contributed by atoms with E-state index < -0.39 is 0 Å². The molecule has 2 N–H and O–H groups in total. The Kier molecular flexibility index (Phi) is 5.65. The Morgan fingerprint density at radius 1 is 0.773 bits per heavy atom. The molecule has 2 aromatic carbocycles. The molecule has 5 heteroatoms. The summed E-state index contributed by atoms with van der Waals surface area (Å²) in [6, 6.07) is 15.3. The first-order valence-electron chi connectivity index (χ1n) is 6.95. The van der Waals surface area contributed by atoms with Gasteiger partial charge in [0.2, 0.25) is 11.8 Å². The van der Waals surface area contributed by atoms with Crippen molar-refractivity contribution in [3.63, 3.8) is 0 Å². The van der Waals surface area contributed by atoms with E-state index in [1.54, 1.807) is 12.1 Å². The highest BCUT2D eigenvalue weighted by molar-refractivity contribution is 5.96. The number of hydrogen-bond donors (Lipinski definition) is 2. The molecule has 2 rings (SSSR count). The molecule has 0 aliphatic heterocycles. The van der Waals surface area contributed by atoms with Crippen molar-refractivity contribution in [2.24, 2.45) is 0 Å². The maximum atomic E-state index is 12.7. The summed E-state index contributed by atoms with van der Waals surface area (Å²) in [5.41, 5.74) is 1.75. The van der Waals surface area contributed by atoms with Crippen LogP contribution in [0, 0.1) is 5.82 Å². The van der Waals surface area contributed by atoms with E-state index in [9.17, 15) is 14.0 Å². The summed E-state index contributed by atoms with van der Waals surface area (Å²) in [5, 5.41) is 5.31. The molecule has 0 fully saturated rings. The lowest BCUT2D eigenvalue weighted by Crippen LogP contribution is -2.31. The third-order valence-corrected chi connectivity index (χ3v) is 3.06. The molecular formula is C17H17FN2O2. The summed E-state index contributed by atoms with van der Waals surface area (Å²) in [6.45, 7) is 0.663. The standard InChI is InChI=1S/C17H17FN2O2/c18-15-8-6-14(7-9-15)12-20-17(22)10-16(21)19-11-13-4-2-1-3-5-13/h1-9H,10-12H2,(H,19,21)(H,20,22). The molecule has 0 spiro atoms. The second kappa shape index (κ2) is 7.93. The number of halogens is 1. The van der Waals surface area contributed by atoms with Crippen LogP contribution in [0.2, 0.25) is 0 Å². The quantitative estimate of drug-likeness (QED) is 0.803. The minimum Gasteiger partial charge on any atom is -0.352 e. The van der Waals surface area contributed by atoms with Crippen molar-refractivity contribution in [1.82, 2.24) is 10.6 Å². The summed E-state index contributed by atoms with van der Waals surface area (Å²) >= 11 is 0. The lowest BCUT2D eigenvalue weighted by atomic mass is 10.2. The molecule has 114 valence electrons. The monoisotopic (exact) mass is 300 g/mol. The largest absolute Gasteiger partial charge is 0.352 e. The zero-order valence-corrected chi connectivity index (χ0v) is 12.0. The summed E-state index contributed by atoms with van der Waals surface area (Å²) in [4.78, 5) is 23.3. The van der Waals surface area contributed by atoms with E-state index >= 15 is 0 Å². The molecule has 0 unspecified atom stereocenters. The van der Waals surface area contributed by atoms with Crippen molar-refractivity contribution >= 4 is 11.8 Å². The molecule has 2 aromatic rings. The molecule has 0 aliphatic rings. The number of amides is 2. The van der Waals surface area contributed by atoms with Crippen molar-refractivity contribution in [3.8, 4) is 0 Å². The lowest BCUT2D eigenvalue weighted by Gasteiger charge is -2.07. The van der Waals surface area contributed by atoms with Crippen LogP contribution in [0.25, 0.3) is 0 Å². The molecule has 0 aromatic heterocycles. The molecule has 0 bridgehead atoms. The van der Waals surface area contributed by atoms with E-state index in [0.717, 1.165) is 11.1 Å². The zero-order chi connectivity index (χ0) is 15.8. The number of carbonyl (C=O) groups excluding carboxylic acids is 2. The Hall–Kier alpha value is -2.69. The third kappa shape index (κ3) is 5.36. The highest BCUT2D eigenvalue weighted by Crippen LogP contribution is 2.02. The van der Waals surface area contributed by atoms with Gasteiger partial charge >= 0.3 is 0 Å². The second-order valence-corrected chi connectivity index (χ2v) is 4.84. The fourth-order valence-corrected chi connectivity index (χ4v) is 1.87. The summed E-state index contributed by atoms with van der Waals surface area (Å²) in [6.07, 6.45) is -0.228. The van der Waals surface area contributed by atoms with Gasteiger partial charge in [0.15, 0.2) is 0 Å². The number of rotatable bonds is 6. The SMILES string of the molecule is O=C(CC(=O)NCc1ccc(F)cc1)NCc1ccccc1. The van der Waals surface area contributed by atoms with E-state index in [1.807, 2.05) is 30.3 Å². The molecule has 22 heavy (non-hydrogen) atoms. The van der Waals surface area contributed by atoms with E-state index in [2.05, 4.69) is 10.6 Å². The Morgan fingerprint density at radius 2 is 1.27 bits per heavy atom. The first-order chi connectivity index (χ1) is 10.6. The average Bonchev–Trinajstić information content (AvgIpc) is 2.53. The molecule has 0 radical (unpaired) electrons. The van der Waals surface area contributed by atoms with Crippen molar-refractivity contribution in [1.29, 1.82) is 0 Å². The van der Waals surface area contributed by atoms with E-state index in [4.69, 9.17) is 0 Å². The summed E-state index contributed by atoms with van der Waals surface area (Å²) in [5.74, 6) is -1.02. The molecule has 0 atom stereocenters. The highest BCUT2D eigenvalue weighted by Gasteiger charge is 2.08. The van der Waals surface area contributed by atoms with Crippen LogP contribution in [-0.4, -0.2) is 11.8 Å². The normalized spacial score (nSPS) is 10.0. The van der Waals surface area contributed by atoms with Crippen LogP contribution in [0.3, 0.4) is 0 Å². The van der Waals surface area contributed by atoms with Crippen LogP contribution >= 0.6 is 0 Å². The van der Waals surface area contributed by atoms with Crippen LogP contribution in [0.5, 0.6) is 0 Å². The van der Waals surface area contributed by atoms with E-state index in [1.165, 1.54) is 12.1 Å². The van der Waals surface area contributed by atoms with Crippen molar-refractivity contribution in [2.45, 2.75) is 19.5 Å². The predicted octanol–water partition coefficient (Wildman–Crippen LogP) is 2.15. The average molecular weight is 300 g/mol. The molecule has 0 saturated carbocycles. The maximum Gasteiger partial charge on any atom is 0.229 e. The first-order valence-corrected chi connectivity index (χ1v) is 6.95. The number of benzene rings is 2. The van der Waals surface area contributed by atoms with Gasteiger partial charge in [0.25, 0.3) is 0 Å². The Labute approximate surface area is 128 Å². The van der Waals surface area contributed by atoms with Gasteiger partial charge in [0.05, 0.1) is 0 Å². The molecule has 0 aliphatic carbocycles. The third-order valence-electron chi connectivity index (χ3n) is 3.06. The van der Waals surface area contributed by atoms with E-state index in [0.29, 0.717) is 6.54 Å². The molecule has 4 nitrogen and oxygen atoms in total.